The fourth-order valence-electron chi connectivity index (χ4n) is 2.07. The first-order valence-electron chi connectivity index (χ1n) is 6.37. The van der Waals surface area contributed by atoms with Crippen molar-refractivity contribution in [2.75, 3.05) is 25.5 Å². The maximum absolute atomic E-state index is 12.0. The summed E-state index contributed by atoms with van der Waals surface area (Å²) in [4.78, 5) is 13.6. The summed E-state index contributed by atoms with van der Waals surface area (Å²) in [5.74, 6) is 0.762. The van der Waals surface area contributed by atoms with E-state index in [1.807, 2.05) is 26.0 Å². The van der Waals surface area contributed by atoms with E-state index in [1.54, 1.807) is 24.1 Å². The van der Waals surface area contributed by atoms with Crippen LogP contribution in [0.25, 0.3) is 0 Å². The van der Waals surface area contributed by atoms with E-state index in [9.17, 15) is 9.90 Å². The van der Waals surface area contributed by atoms with Gasteiger partial charge in [-0.2, -0.15) is 0 Å². The number of carbonyl (C=O) groups is 1. The summed E-state index contributed by atoms with van der Waals surface area (Å²) in [6, 6.07) is 7.03. The first-order chi connectivity index (χ1) is 8.96. The van der Waals surface area contributed by atoms with Gasteiger partial charge in [-0.25, -0.2) is 4.79 Å². The second-order valence-electron chi connectivity index (χ2n) is 5.24. The van der Waals surface area contributed by atoms with E-state index in [0.29, 0.717) is 24.5 Å². The lowest BCUT2D eigenvalue weighted by Gasteiger charge is -2.48. The Labute approximate surface area is 113 Å². The zero-order chi connectivity index (χ0) is 14.0. The molecular weight excluding hydrogens is 244 g/mol. The molecule has 0 bridgehead atoms. The number of urea groups is 1. The van der Waals surface area contributed by atoms with Gasteiger partial charge in [0.2, 0.25) is 0 Å². The van der Waals surface area contributed by atoms with Gasteiger partial charge < -0.3 is 20.1 Å². The molecule has 1 saturated heterocycles. The second-order valence-corrected chi connectivity index (χ2v) is 5.24. The highest BCUT2D eigenvalue weighted by Gasteiger charge is 2.45. The molecule has 0 atom stereocenters. The van der Waals surface area contributed by atoms with Gasteiger partial charge in [-0.15, -0.1) is 0 Å². The number of amides is 2. The number of rotatable bonds is 3. The molecule has 1 aromatic rings. The Hall–Kier alpha value is -1.75. The van der Waals surface area contributed by atoms with Gasteiger partial charge in [0.25, 0.3) is 0 Å². The van der Waals surface area contributed by atoms with Crippen LogP contribution >= 0.6 is 0 Å². The molecule has 2 amide bonds. The van der Waals surface area contributed by atoms with E-state index in [1.165, 1.54) is 0 Å². The summed E-state index contributed by atoms with van der Waals surface area (Å²) < 4.78 is 5.17. The van der Waals surface area contributed by atoms with Gasteiger partial charge >= 0.3 is 6.03 Å². The van der Waals surface area contributed by atoms with E-state index < -0.39 is 5.60 Å². The number of para-hydroxylation sites is 2. The van der Waals surface area contributed by atoms with Gasteiger partial charge in [-0.05, 0) is 18.1 Å². The van der Waals surface area contributed by atoms with Gasteiger partial charge in [0.05, 0.1) is 25.9 Å². The minimum atomic E-state index is -0.752. The third-order valence-corrected chi connectivity index (χ3v) is 3.64. The van der Waals surface area contributed by atoms with Crippen molar-refractivity contribution in [1.82, 2.24) is 4.90 Å². The number of hydrogen-bond donors (Lipinski definition) is 2. The molecule has 0 unspecified atom stereocenters. The summed E-state index contributed by atoms with van der Waals surface area (Å²) in [7, 11) is 1.56. The molecule has 1 fully saturated rings. The molecule has 1 aliphatic rings. The first kappa shape index (κ1) is 13.7. The van der Waals surface area contributed by atoms with Gasteiger partial charge in [-0.1, -0.05) is 26.0 Å². The Balaban J connectivity index is 1.96. The molecule has 2 rings (SSSR count). The molecule has 1 aromatic carbocycles. The Bertz CT molecular complexity index is 468. The molecule has 0 spiro atoms. The molecule has 19 heavy (non-hydrogen) atoms. The lowest BCUT2D eigenvalue weighted by atomic mass is 9.83. The predicted octanol–water partition coefficient (Wildman–Crippen LogP) is 1.93. The van der Waals surface area contributed by atoms with Gasteiger partial charge in [0.15, 0.2) is 0 Å². The molecule has 0 aromatic heterocycles. The van der Waals surface area contributed by atoms with Crippen molar-refractivity contribution in [1.29, 1.82) is 0 Å². The van der Waals surface area contributed by atoms with E-state index in [4.69, 9.17) is 4.74 Å². The summed E-state index contributed by atoms with van der Waals surface area (Å²) in [5, 5.41) is 12.9. The highest BCUT2D eigenvalue weighted by atomic mass is 16.5. The number of likely N-dealkylation sites (tertiary alicyclic amines) is 1. The number of ether oxygens (including phenoxy) is 1. The Morgan fingerprint density at radius 3 is 2.63 bits per heavy atom. The standard InChI is InChI=1S/C14H20N2O3/c1-10(2)14(18)8-16(9-14)13(17)15-11-6-4-5-7-12(11)19-3/h4-7,10,18H,8-9H2,1-3H3,(H,15,17). The smallest absolute Gasteiger partial charge is 0.322 e. The molecule has 1 heterocycles. The van der Waals surface area contributed by atoms with Crippen molar-refractivity contribution in [3.8, 4) is 5.75 Å². The summed E-state index contributed by atoms with van der Waals surface area (Å²) in [6.07, 6.45) is 0. The highest BCUT2D eigenvalue weighted by molar-refractivity contribution is 5.91. The Kier molecular flexibility index (Phi) is 3.66. The van der Waals surface area contributed by atoms with Gasteiger partial charge in [0.1, 0.15) is 11.4 Å². The number of nitrogens with zero attached hydrogens (tertiary/aromatic N) is 1. The normalized spacial score (nSPS) is 17.0. The maximum Gasteiger partial charge on any atom is 0.322 e. The minimum absolute atomic E-state index is 0.141. The SMILES string of the molecule is COc1ccccc1NC(=O)N1CC(O)(C(C)C)C1. The van der Waals surface area contributed by atoms with Crippen LogP contribution in [0.2, 0.25) is 0 Å². The number of nitrogens with one attached hydrogen (secondary N) is 1. The lowest BCUT2D eigenvalue weighted by Crippen LogP contribution is -2.66. The van der Waals surface area contributed by atoms with Crippen LogP contribution in [0.1, 0.15) is 13.8 Å². The minimum Gasteiger partial charge on any atom is -0.495 e. The van der Waals surface area contributed by atoms with Crippen LogP contribution in [0.5, 0.6) is 5.75 Å². The zero-order valence-electron chi connectivity index (χ0n) is 11.5. The van der Waals surface area contributed by atoms with Crippen LogP contribution in [0.15, 0.2) is 24.3 Å². The molecule has 0 saturated carbocycles. The number of benzene rings is 1. The van der Waals surface area contributed by atoms with Crippen molar-refractivity contribution in [3.63, 3.8) is 0 Å². The van der Waals surface area contributed by atoms with Gasteiger partial charge in [-0.3, -0.25) is 0 Å². The van der Waals surface area contributed by atoms with Crippen LogP contribution < -0.4 is 10.1 Å². The van der Waals surface area contributed by atoms with Crippen molar-refractivity contribution in [2.45, 2.75) is 19.4 Å². The topological polar surface area (TPSA) is 61.8 Å². The molecular formula is C14H20N2O3. The number of aliphatic hydroxyl groups is 1. The average Bonchev–Trinajstić information content (AvgIpc) is 2.35. The molecule has 2 N–H and O–H groups in total. The molecule has 104 valence electrons. The highest BCUT2D eigenvalue weighted by Crippen LogP contribution is 2.30. The number of methoxy groups -OCH3 is 1. The van der Waals surface area contributed by atoms with Crippen molar-refractivity contribution < 1.29 is 14.6 Å². The van der Waals surface area contributed by atoms with Crippen molar-refractivity contribution >= 4 is 11.7 Å². The number of carbonyl (C=O) groups excluding carboxylic acids is 1. The van der Waals surface area contributed by atoms with E-state index in [2.05, 4.69) is 5.32 Å². The van der Waals surface area contributed by atoms with Crippen LogP contribution in [0.4, 0.5) is 10.5 Å². The third kappa shape index (κ3) is 2.66. The van der Waals surface area contributed by atoms with Crippen LogP contribution in [-0.2, 0) is 0 Å². The van der Waals surface area contributed by atoms with Crippen LogP contribution in [-0.4, -0.2) is 41.8 Å². The second kappa shape index (κ2) is 5.09. The first-order valence-corrected chi connectivity index (χ1v) is 6.37. The van der Waals surface area contributed by atoms with E-state index in [0.717, 1.165) is 0 Å². The molecule has 5 heteroatoms. The summed E-state index contributed by atoms with van der Waals surface area (Å²) in [6.45, 7) is 4.64. The zero-order valence-corrected chi connectivity index (χ0v) is 11.5. The number of anilines is 1. The maximum atomic E-state index is 12.0. The summed E-state index contributed by atoms with van der Waals surface area (Å²) >= 11 is 0. The van der Waals surface area contributed by atoms with Gasteiger partial charge in [0, 0.05) is 0 Å². The summed E-state index contributed by atoms with van der Waals surface area (Å²) in [5.41, 5.74) is -0.118. The molecule has 0 aliphatic carbocycles. The van der Waals surface area contributed by atoms with Crippen molar-refractivity contribution in [2.24, 2.45) is 5.92 Å². The number of β-amino-alcohol motifs (C(OH)–C–C–N with tert-alkyl or cyclic N) is 1. The average molecular weight is 264 g/mol. The predicted molar refractivity (Wildman–Crippen MR) is 73.4 cm³/mol. The monoisotopic (exact) mass is 264 g/mol. The van der Waals surface area contributed by atoms with Crippen molar-refractivity contribution in [3.05, 3.63) is 24.3 Å². The Morgan fingerprint density at radius 2 is 2.05 bits per heavy atom. The fraction of sp³-hybridized carbons (Fsp3) is 0.500. The van der Waals surface area contributed by atoms with E-state index >= 15 is 0 Å². The molecule has 0 radical (unpaired) electrons. The van der Waals surface area contributed by atoms with Crippen LogP contribution in [0.3, 0.4) is 0 Å². The van der Waals surface area contributed by atoms with Crippen LogP contribution in [0, 0.1) is 5.92 Å². The number of hydrogen-bond acceptors (Lipinski definition) is 3. The fourth-order valence-corrected chi connectivity index (χ4v) is 2.07. The largest absolute Gasteiger partial charge is 0.495 e. The molecule has 5 nitrogen and oxygen atoms in total. The molecule has 1 aliphatic heterocycles. The quantitative estimate of drug-likeness (QED) is 0.877. The lowest BCUT2D eigenvalue weighted by molar-refractivity contribution is -0.105. The third-order valence-electron chi connectivity index (χ3n) is 3.64. The van der Waals surface area contributed by atoms with E-state index in [-0.39, 0.29) is 11.9 Å². The Morgan fingerprint density at radius 1 is 1.42 bits per heavy atom.